The molecule has 1 aromatic carbocycles. The molecule has 2 rings (SSSR count). The standard InChI is InChI=1S/C12H14N2OS/c1-3-8-14-10-6-4-5-7-11(10)16-12(14)13-9(2)15/h4-7H,3,8H2,1-2H3. The van der Waals surface area contributed by atoms with E-state index in [0.717, 1.165) is 23.3 Å². The number of hydrogen-bond acceptors (Lipinski definition) is 2. The number of rotatable bonds is 2. The molecule has 0 saturated heterocycles. The summed E-state index contributed by atoms with van der Waals surface area (Å²) in [7, 11) is 0. The predicted molar refractivity (Wildman–Crippen MR) is 66.4 cm³/mol. The molecule has 0 radical (unpaired) electrons. The molecular formula is C12H14N2OS. The number of hydrogen-bond donors (Lipinski definition) is 0. The van der Waals surface area contributed by atoms with Crippen LogP contribution in [0.5, 0.6) is 0 Å². The van der Waals surface area contributed by atoms with Crippen LogP contribution in [-0.4, -0.2) is 10.5 Å². The molecule has 1 amide bonds. The number of aromatic nitrogens is 1. The van der Waals surface area contributed by atoms with E-state index in [1.165, 1.54) is 11.6 Å². The molecule has 16 heavy (non-hydrogen) atoms. The highest BCUT2D eigenvalue weighted by Gasteiger charge is 2.04. The Morgan fingerprint density at radius 3 is 2.88 bits per heavy atom. The topological polar surface area (TPSA) is 34.4 Å². The minimum absolute atomic E-state index is 0.142. The van der Waals surface area contributed by atoms with Crippen LogP contribution in [0.15, 0.2) is 29.3 Å². The molecule has 1 aromatic heterocycles. The quantitative estimate of drug-likeness (QED) is 0.786. The molecule has 0 N–H and O–H groups in total. The Labute approximate surface area is 98.1 Å². The first-order valence-electron chi connectivity index (χ1n) is 5.36. The van der Waals surface area contributed by atoms with Gasteiger partial charge in [-0.1, -0.05) is 30.4 Å². The SMILES string of the molecule is CCCn1c(=NC(C)=O)sc2ccccc21. The van der Waals surface area contributed by atoms with Crippen molar-refractivity contribution in [2.75, 3.05) is 0 Å². The van der Waals surface area contributed by atoms with Crippen molar-refractivity contribution in [3.05, 3.63) is 29.1 Å². The van der Waals surface area contributed by atoms with Crippen molar-refractivity contribution in [3.63, 3.8) is 0 Å². The number of amides is 1. The van der Waals surface area contributed by atoms with E-state index in [4.69, 9.17) is 0 Å². The van der Waals surface area contributed by atoms with Crippen LogP contribution in [0.1, 0.15) is 20.3 Å². The number of fused-ring (bicyclic) bond motifs is 1. The smallest absolute Gasteiger partial charge is 0.245 e. The number of para-hydroxylation sites is 1. The maximum Gasteiger partial charge on any atom is 0.245 e. The van der Waals surface area contributed by atoms with E-state index in [1.54, 1.807) is 11.3 Å². The Kier molecular flexibility index (Phi) is 3.19. The van der Waals surface area contributed by atoms with Crippen molar-refractivity contribution < 1.29 is 4.79 Å². The summed E-state index contributed by atoms with van der Waals surface area (Å²) in [4.78, 5) is 15.9. The second kappa shape index (κ2) is 4.61. The van der Waals surface area contributed by atoms with Crippen molar-refractivity contribution in [2.45, 2.75) is 26.8 Å². The third-order valence-electron chi connectivity index (χ3n) is 2.29. The van der Waals surface area contributed by atoms with Crippen LogP contribution in [0.3, 0.4) is 0 Å². The molecule has 0 aliphatic rings. The molecule has 0 fully saturated rings. The Bertz CT molecular complexity index is 580. The van der Waals surface area contributed by atoms with Crippen molar-refractivity contribution in [1.29, 1.82) is 0 Å². The molecule has 0 saturated carbocycles. The highest BCUT2D eigenvalue weighted by atomic mass is 32.1. The van der Waals surface area contributed by atoms with Crippen LogP contribution in [0.2, 0.25) is 0 Å². The van der Waals surface area contributed by atoms with Crippen LogP contribution >= 0.6 is 11.3 Å². The van der Waals surface area contributed by atoms with Crippen molar-refractivity contribution >= 4 is 27.5 Å². The summed E-state index contributed by atoms with van der Waals surface area (Å²) in [5.74, 6) is -0.142. The summed E-state index contributed by atoms with van der Waals surface area (Å²) in [6.45, 7) is 4.51. The number of carbonyl (C=O) groups is 1. The van der Waals surface area contributed by atoms with Crippen molar-refractivity contribution in [3.8, 4) is 0 Å². The molecule has 0 bridgehead atoms. The predicted octanol–water partition coefficient (Wildman–Crippen LogP) is 2.56. The molecule has 0 atom stereocenters. The Hall–Kier alpha value is -1.42. The first-order valence-corrected chi connectivity index (χ1v) is 6.17. The molecule has 2 aromatic rings. The van der Waals surface area contributed by atoms with E-state index in [2.05, 4.69) is 28.6 Å². The van der Waals surface area contributed by atoms with Gasteiger partial charge in [-0.3, -0.25) is 4.79 Å². The van der Waals surface area contributed by atoms with Crippen LogP contribution < -0.4 is 4.80 Å². The molecule has 0 unspecified atom stereocenters. The van der Waals surface area contributed by atoms with Crippen LogP contribution in [0.25, 0.3) is 10.2 Å². The first kappa shape index (κ1) is 11.1. The number of carbonyl (C=O) groups excluding carboxylic acids is 1. The maximum atomic E-state index is 11.1. The lowest BCUT2D eigenvalue weighted by molar-refractivity contribution is -0.116. The molecular weight excluding hydrogens is 220 g/mol. The van der Waals surface area contributed by atoms with Gasteiger partial charge in [-0.15, -0.1) is 0 Å². The molecule has 84 valence electrons. The molecule has 0 aliphatic carbocycles. The summed E-state index contributed by atoms with van der Waals surface area (Å²) in [6.07, 6.45) is 1.03. The van der Waals surface area contributed by atoms with E-state index >= 15 is 0 Å². The minimum Gasteiger partial charge on any atom is -0.316 e. The lowest BCUT2D eigenvalue weighted by atomic mass is 10.3. The number of aryl methyl sites for hydroxylation is 1. The van der Waals surface area contributed by atoms with E-state index < -0.39 is 0 Å². The highest BCUT2D eigenvalue weighted by molar-refractivity contribution is 7.16. The van der Waals surface area contributed by atoms with Gasteiger partial charge in [0.1, 0.15) is 0 Å². The molecule has 4 heteroatoms. The van der Waals surface area contributed by atoms with Gasteiger partial charge in [-0.2, -0.15) is 4.99 Å². The van der Waals surface area contributed by atoms with Crippen LogP contribution in [0.4, 0.5) is 0 Å². The molecule has 1 heterocycles. The zero-order valence-corrected chi connectivity index (χ0v) is 10.3. The van der Waals surface area contributed by atoms with Crippen LogP contribution in [0, 0.1) is 0 Å². The number of nitrogens with zero attached hydrogens (tertiary/aromatic N) is 2. The zero-order valence-electron chi connectivity index (χ0n) is 9.43. The van der Waals surface area contributed by atoms with Crippen molar-refractivity contribution in [2.24, 2.45) is 4.99 Å². The number of benzene rings is 1. The average Bonchev–Trinajstić information content (AvgIpc) is 2.57. The van der Waals surface area contributed by atoms with Gasteiger partial charge in [0.2, 0.25) is 5.91 Å². The van der Waals surface area contributed by atoms with Gasteiger partial charge in [-0.05, 0) is 18.6 Å². The fourth-order valence-corrected chi connectivity index (χ4v) is 2.78. The van der Waals surface area contributed by atoms with Gasteiger partial charge in [0.05, 0.1) is 10.2 Å². The van der Waals surface area contributed by atoms with E-state index in [1.807, 2.05) is 12.1 Å². The lowest BCUT2D eigenvalue weighted by Gasteiger charge is -2.01. The van der Waals surface area contributed by atoms with Gasteiger partial charge in [0, 0.05) is 13.5 Å². The van der Waals surface area contributed by atoms with E-state index in [9.17, 15) is 4.79 Å². The summed E-state index contributed by atoms with van der Waals surface area (Å²) in [5, 5.41) is 0. The largest absolute Gasteiger partial charge is 0.316 e. The highest BCUT2D eigenvalue weighted by Crippen LogP contribution is 2.16. The molecule has 0 spiro atoms. The summed E-state index contributed by atoms with van der Waals surface area (Å²) >= 11 is 1.57. The summed E-state index contributed by atoms with van der Waals surface area (Å²) < 4.78 is 3.29. The van der Waals surface area contributed by atoms with Gasteiger partial charge < -0.3 is 4.57 Å². The number of thiazole rings is 1. The van der Waals surface area contributed by atoms with E-state index in [0.29, 0.717) is 0 Å². The lowest BCUT2D eigenvalue weighted by Crippen LogP contribution is -2.15. The monoisotopic (exact) mass is 234 g/mol. The third kappa shape index (κ3) is 2.07. The molecule has 3 nitrogen and oxygen atoms in total. The minimum atomic E-state index is -0.142. The van der Waals surface area contributed by atoms with Gasteiger partial charge in [-0.25, -0.2) is 0 Å². The third-order valence-corrected chi connectivity index (χ3v) is 3.35. The van der Waals surface area contributed by atoms with Crippen LogP contribution in [-0.2, 0) is 11.3 Å². The Morgan fingerprint density at radius 2 is 2.19 bits per heavy atom. The van der Waals surface area contributed by atoms with Gasteiger partial charge >= 0.3 is 0 Å². The second-order valence-electron chi connectivity index (χ2n) is 3.63. The maximum absolute atomic E-state index is 11.1. The summed E-state index contributed by atoms with van der Waals surface area (Å²) in [5.41, 5.74) is 1.16. The molecule has 0 aliphatic heterocycles. The van der Waals surface area contributed by atoms with E-state index in [-0.39, 0.29) is 5.91 Å². The zero-order chi connectivity index (χ0) is 11.5. The van der Waals surface area contributed by atoms with Crippen molar-refractivity contribution in [1.82, 2.24) is 4.57 Å². The summed E-state index contributed by atoms with van der Waals surface area (Å²) in [6, 6.07) is 8.15. The Morgan fingerprint density at radius 1 is 1.44 bits per heavy atom. The fourth-order valence-electron chi connectivity index (χ4n) is 1.68. The first-order chi connectivity index (χ1) is 7.72. The Balaban J connectivity index is 2.72. The fraction of sp³-hybridized carbons (Fsp3) is 0.333. The average molecular weight is 234 g/mol. The van der Waals surface area contributed by atoms with Gasteiger partial charge in [0.15, 0.2) is 4.80 Å². The van der Waals surface area contributed by atoms with Gasteiger partial charge in [0.25, 0.3) is 0 Å². The normalized spacial score (nSPS) is 12.2. The second-order valence-corrected chi connectivity index (χ2v) is 4.64.